The molecule has 1 heterocycles. The van der Waals surface area contributed by atoms with Gasteiger partial charge in [0.1, 0.15) is 0 Å². The number of rotatable bonds is 11. The minimum Gasteiger partial charge on any atom is -0.370 e. The van der Waals surface area contributed by atoms with Crippen molar-refractivity contribution < 1.29 is 9.59 Å². The number of hydrogen-bond acceptors (Lipinski definition) is 5. The van der Waals surface area contributed by atoms with Crippen LogP contribution in [0.5, 0.6) is 0 Å². The number of hydrogen-bond donors (Lipinski definition) is 1. The highest BCUT2D eigenvalue weighted by molar-refractivity contribution is 7.99. The van der Waals surface area contributed by atoms with Crippen molar-refractivity contribution in [2.24, 2.45) is 5.73 Å². The van der Waals surface area contributed by atoms with Gasteiger partial charge in [0.15, 0.2) is 5.16 Å². The van der Waals surface area contributed by atoms with E-state index in [4.69, 9.17) is 5.73 Å². The lowest BCUT2D eigenvalue weighted by molar-refractivity contribution is -0.127. The Kier molecular flexibility index (Phi) is 8.44. The summed E-state index contributed by atoms with van der Waals surface area (Å²) in [7, 11) is 1.77. The van der Waals surface area contributed by atoms with Crippen LogP contribution in [0.2, 0.25) is 0 Å². The Morgan fingerprint density at radius 1 is 1.03 bits per heavy atom. The van der Waals surface area contributed by atoms with E-state index in [0.717, 1.165) is 18.4 Å². The van der Waals surface area contributed by atoms with Gasteiger partial charge in [-0.05, 0) is 30.5 Å². The van der Waals surface area contributed by atoms with E-state index in [1.165, 1.54) is 11.8 Å². The number of nitrogens with zero attached hydrogens (tertiary/aromatic N) is 3. The van der Waals surface area contributed by atoms with E-state index in [1.807, 2.05) is 42.5 Å². The number of carbonyl (C=O) groups is 2. The van der Waals surface area contributed by atoms with Crippen molar-refractivity contribution in [1.82, 2.24) is 14.5 Å². The summed E-state index contributed by atoms with van der Waals surface area (Å²) in [4.78, 5) is 43.0. The molecule has 1 aromatic heterocycles. The lowest BCUT2D eigenvalue weighted by Crippen LogP contribution is -2.29. The number of aromatic nitrogens is 2. The summed E-state index contributed by atoms with van der Waals surface area (Å²) in [6, 6.07) is 17.0. The van der Waals surface area contributed by atoms with Gasteiger partial charge in [0, 0.05) is 26.6 Å². The Hall–Kier alpha value is -3.13. The molecule has 8 heteroatoms. The van der Waals surface area contributed by atoms with Crippen molar-refractivity contribution in [1.29, 1.82) is 0 Å². The third kappa shape index (κ3) is 6.43. The molecule has 0 saturated heterocycles. The average Bonchev–Trinajstić information content (AvgIpc) is 2.79. The molecule has 2 aromatic carbocycles. The van der Waals surface area contributed by atoms with Crippen LogP contribution in [0.25, 0.3) is 10.9 Å². The second kappa shape index (κ2) is 11.5. The van der Waals surface area contributed by atoms with Crippen LogP contribution < -0.4 is 11.3 Å². The topological polar surface area (TPSA) is 98.3 Å². The lowest BCUT2D eigenvalue weighted by Gasteiger charge is -2.18. The molecule has 0 aliphatic rings. The average molecular weight is 453 g/mol. The maximum atomic E-state index is 13.1. The van der Waals surface area contributed by atoms with Gasteiger partial charge in [-0.25, -0.2) is 4.98 Å². The summed E-state index contributed by atoms with van der Waals surface area (Å²) in [5, 5.41) is 1.09. The second-order valence-corrected chi connectivity index (χ2v) is 8.61. The van der Waals surface area contributed by atoms with Crippen LogP contribution in [-0.4, -0.2) is 39.1 Å². The number of amides is 2. The van der Waals surface area contributed by atoms with Gasteiger partial charge in [0.25, 0.3) is 5.56 Å². The molecule has 0 unspecified atom stereocenters. The second-order valence-electron chi connectivity index (χ2n) is 7.67. The Morgan fingerprint density at radius 3 is 2.50 bits per heavy atom. The largest absolute Gasteiger partial charge is 0.370 e. The third-order valence-corrected chi connectivity index (χ3v) is 6.11. The van der Waals surface area contributed by atoms with Crippen LogP contribution in [0.15, 0.2) is 64.5 Å². The predicted octanol–water partition coefficient (Wildman–Crippen LogP) is 3.19. The SMILES string of the molecule is CN(Cc1ccccc1)C(=O)CSc1nc2ccccc2c(=O)n1CCCCCC(N)=O. The summed E-state index contributed by atoms with van der Waals surface area (Å²) in [6.07, 6.45) is 2.54. The van der Waals surface area contributed by atoms with Gasteiger partial charge in [-0.3, -0.25) is 19.0 Å². The van der Waals surface area contributed by atoms with Gasteiger partial charge in [-0.15, -0.1) is 0 Å². The van der Waals surface area contributed by atoms with E-state index >= 15 is 0 Å². The fraction of sp³-hybridized carbons (Fsp3) is 0.333. The number of primary amides is 1. The van der Waals surface area contributed by atoms with Crippen LogP contribution >= 0.6 is 11.8 Å². The van der Waals surface area contributed by atoms with Crippen LogP contribution in [0.1, 0.15) is 31.2 Å². The van der Waals surface area contributed by atoms with Crippen molar-refractivity contribution in [3.05, 3.63) is 70.5 Å². The molecule has 0 aliphatic carbocycles. The molecule has 2 N–H and O–H groups in total. The highest BCUT2D eigenvalue weighted by atomic mass is 32.2. The van der Waals surface area contributed by atoms with Gasteiger partial charge < -0.3 is 10.6 Å². The van der Waals surface area contributed by atoms with E-state index in [9.17, 15) is 14.4 Å². The monoisotopic (exact) mass is 452 g/mol. The van der Waals surface area contributed by atoms with Crippen molar-refractivity contribution in [2.45, 2.75) is 43.9 Å². The molecule has 0 fully saturated rings. The molecule has 32 heavy (non-hydrogen) atoms. The van der Waals surface area contributed by atoms with Crippen LogP contribution in [0.4, 0.5) is 0 Å². The first-order chi connectivity index (χ1) is 15.5. The van der Waals surface area contributed by atoms with Gasteiger partial charge in [0.2, 0.25) is 11.8 Å². The van der Waals surface area contributed by atoms with Crippen molar-refractivity contribution >= 4 is 34.5 Å². The Balaban J connectivity index is 1.71. The molecular formula is C24H28N4O3S. The molecule has 3 rings (SSSR count). The van der Waals surface area contributed by atoms with E-state index in [0.29, 0.717) is 42.0 Å². The normalized spacial score (nSPS) is 10.9. The zero-order valence-corrected chi connectivity index (χ0v) is 19.0. The number of para-hydroxylation sites is 1. The summed E-state index contributed by atoms with van der Waals surface area (Å²) in [5.74, 6) is -0.159. The van der Waals surface area contributed by atoms with Crippen molar-refractivity contribution in [3.63, 3.8) is 0 Å². The number of carbonyl (C=O) groups excluding carboxylic acids is 2. The third-order valence-electron chi connectivity index (χ3n) is 5.14. The summed E-state index contributed by atoms with van der Waals surface area (Å²) in [5.41, 5.74) is 6.76. The fourth-order valence-electron chi connectivity index (χ4n) is 3.38. The van der Waals surface area contributed by atoms with Gasteiger partial charge >= 0.3 is 0 Å². The first-order valence-electron chi connectivity index (χ1n) is 10.6. The molecule has 0 spiro atoms. The molecule has 0 radical (unpaired) electrons. The summed E-state index contributed by atoms with van der Waals surface area (Å²) < 4.78 is 1.64. The number of nitrogens with two attached hydrogens (primary N) is 1. The first kappa shape index (κ1) is 23.5. The van der Waals surface area contributed by atoms with Crippen LogP contribution in [-0.2, 0) is 22.7 Å². The summed E-state index contributed by atoms with van der Waals surface area (Å²) in [6.45, 7) is 1.00. The molecule has 0 aliphatic heterocycles. The number of unbranched alkanes of at least 4 members (excludes halogenated alkanes) is 2. The number of fused-ring (bicyclic) bond motifs is 1. The van der Waals surface area contributed by atoms with Crippen molar-refractivity contribution in [3.8, 4) is 0 Å². The molecular weight excluding hydrogens is 424 g/mol. The van der Waals surface area contributed by atoms with Gasteiger partial charge in [0.05, 0.1) is 16.7 Å². The molecule has 168 valence electrons. The predicted molar refractivity (Wildman–Crippen MR) is 127 cm³/mol. The Bertz CT molecular complexity index is 1130. The number of benzene rings is 2. The van der Waals surface area contributed by atoms with Crippen LogP contribution in [0, 0.1) is 0 Å². The minimum atomic E-state index is -0.316. The van der Waals surface area contributed by atoms with E-state index in [-0.39, 0.29) is 23.1 Å². The number of thioether (sulfide) groups is 1. The standard InChI is InChI=1S/C24H28N4O3S/c1-27(16-18-10-4-2-5-11-18)22(30)17-32-24-26-20-13-8-7-12-19(20)23(31)28(24)15-9-3-6-14-21(25)29/h2,4-5,7-8,10-13H,3,6,9,14-17H2,1H3,(H2,25,29). The maximum Gasteiger partial charge on any atom is 0.262 e. The fourth-order valence-corrected chi connectivity index (χ4v) is 4.35. The maximum absolute atomic E-state index is 13.1. The van der Waals surface area contributed by atoms with Crippen molar-refractivity contribution in [2.75, 3.05) is 12.8 Å². The molecule has 0 atom stereocenters. The minimum absolute atomic E-state index is 0.0331. The van der Waals surface area contributed by atoms with E-state index in [2.05, 4.69) is 4.98 Å². The summed E-state index contributed by atoms with van der Waals surface area (Å²) >= 11 is 1.28. The first-order valence-corrected chi connectivity index (χ1v) is 11.6. The zero-order valence-electron chi connectivity index (χ0n) is 18.2. The molecule has 0 saturated carbocycles. The molecule has 3 aromatic rings. The lowest BCUT2D eigenvalue weighted by atomic mass is 10.2. The zero-order chi connectivity index (χ0) is 22.9. The smallest absolute Gasteiger partial charge is 0.262 e. The molecule has 0 bridgehead atoms. The van der Waals surface area contributed by atoms with Gasteiger partial charge in [-0.1, -0.05) is 60.6 Å². The van der Waals surface area contributed by atoms with E-state index < -0.39 is 0 Å². The highest BCUT2D eigenvalue weighted by Crippen LogP contribution is 2.19. The quantitative estimate of drug-likeness (QED) is 0.274. The van der Waals surface area contributed by atoms with E-state index in [1.54, 1.807) is 28.6 Å². The molecule has 7 nitrogen and oxygen atoms in total. The Morgan fingerprint density at radius 2 is 1.75 bits per heavy atom. The molecule has 2 amide bonds. The Labute approximate surface area is 191 Å². The van der Waals surface area contributed by atoms with Gasteiger partial charge in [-0.2, -0.15) is 0 Å². The highest BCUT2D eigenvalue weighted by Gasteiger charge is 2.15. The van der Waals surface area contributed by atoms with Crippen LogP contribution in [0.3, 0.4) is 0 Å².